The monoisotopic (exact) mass is 224 g/mol. The van der Waals surface area contributed by atoms with E-state index in [1.165, 1.54) is 0 Å². The Balaban J connectivity index is 2.51. The summed E-state index contributed by atoms with van der Waals surface area (Å²) in [5.41, 5.74) is -0.632. The standard InChI is InChI=1S/C12H20N2O2/c1-2-12(11(15)16)7-6-10-14(12)9-5-3-4-8-13/h2-7,9-10H2,1H3,(H,15,16). The number of rotatable bonds is 6. The van der Waals surface area contributed by atoms with E-state index in [4.69, 9.17) is 5.26 Å². The molecule has 1 unspecified atom stereocenters. The van der Waals surface area contributed by atoms with Crippen molar-refractivity contribution in [1.29, 1.82) is 5.26 Å². The number of hydrogen-bond donors (Lipinski definition) is 1. The normalized spacial score (nSPS) is 25.5. The van der Waals surface area contributed by atoms with Crippen LogP contribution in [0, 0.1) is 11.3 Å². The highest BCUT2D eigenvalue weighted by Crippen LogP contribution is 2.32. The molecule has 4 nitrogen and oxygen atoms in total. The molecule has 0 spiro atoms. The maximum Gasteiger partial charge on any atom is 0.324 e. The lowest BCUT2D eigenvalue weighted by Crippen LogP contribution is -2.50. The molecule has 90 valence electrons. The molecule has 1 heterocycles. The van der Waals surface area contributed by atoms with Crippen LogP contribution >= 0.6 is 0 Å². The van der Waals surface area contributed by atoms with Crippen molar-refractivity contribution in [2.24, 2.45) is 0 Å². The Morgan fingerprint density at radius 3 is 2.88 bits per heavy atom. The Labute approximate surface area is 96.9 Å². The highest BCUT2D eigenvalue weighted by molar-refractivity contribution is 5.79. The fourth-order valence-electron chi connectivity index (χ4n) is 2.56. The van der Waals surface area contributed by atoms with Crippen molar-refractivity contribution < 1.29 is 9.90 Å². The van der Waals surface area contributed by atoms with Gasteiger partial charge in [0.05, 0.1) is 6.07 Å². The van der Waals surface area contributed by atoms with Crippen molar-refractivity contribution in [2.45, 2.75) is 51.0 Å². The Kier molecular flexibility index (Phi) is 4.75. The lowest BCUT2D eigenvalue weighted by Gasteiger charge is -2.33. The first kappa shape index (κ1) is 13.0. The molecular weight excluding hydrogens is 204 g/mol. The number of carboxylic acids is 1. The Hall–Kier alpha value is -1.08. The summed E-state index contributed by atoms with van der Waals surface area (Å²) in [6, 6.07) is 2.12. The summed E-state index contributed by atoms with van der Waals surface area (Å²) in [4.78, 5) is 13.4. The predicted octanol–water partition coefficient (Wildman–Crippen LogP) is 2.01. The van der Waals surface area contributed by atoms with Crippen LogP contribution in [0.25, 0.3) is 0 Å². The summed E-state index contributed by atoms with van der Waals surface area (Å²) in [6.07, 6.45) is 4.76. The molecule has 4 heteroatoms. The number of carbonyl (C=O) groups is 1. The van der Waals surface area contributed by atoms with Crippen molar-refractivity contribution in [1.82, 2.24) is 4.90 Å². The maximum atomic E-state index is 11.4. The lowest BCUT2D eigenvalue weighted by molar-refractivity contribution is -0.150. The van der Waals surface area contributed by atoms with Crippen LogP contribution in [0.3, 0.4) is 0 Å². The minimum Gasteiger partial charge on any atom is -0.480 e. The molecule has 0 radical (unpaired) electrons. The average Bonchev–Trinajstić information content (AvgIpc) is 2.68. The number of unbranched alkanes of at least 4 members (excludes halogenated alkanes) is 2. The van der Waals surface area contributed by atoms with Gasteiger partial charge in [0.2, 0.25) is 0 Å². The number of aliphatic carboxylic acids is 1. The van der Waals surface area contributed by atoms with Gasteiger partial charge >= 0.3 is 5.97 Å². The molecule has 0 aliphatic carbocycles. The highest BCUT2D eigenvalue weighted by atomic mass is 16.4. The molecule has 0 bridgehead atoms. The average molecular weight is 224 g/mol. The van der Waals surface area contributed by atoms with E-state index in [0.717, 1.165) is 38.8 Å². The molecule has 0 aromatic carbocycles. The van der Waals surface area contributed by atoms with Gasteiger partial charge in [0.25, 0.3) is 0 Å². The van der Waals surface area contributed by atoms with Crippen LogP contribution in [0.1, 0.15) is 45.4 Å². The molecule has 1 atom stereocenters. The number of nitriles is 1. The zero-order valence-electron chi connectivity index (χ0n) is 9.91. The second-order valence-electron chi connectivity index (χ2n) is 4.40. The van der Waals surface area contributed by atoms with Crippen LogP contribution in [-0.4, -0.2) is 34.6 Å². The molecule has 1 aliphatic heterocycles. The zero-order valence-corrected chi connectivity index (χ0v) is 9.91. The maximum absolute atomic E-state index is 11.4. The fourth-order valence-corrected chi connectivity index (χ4v) is 2.56. The molecule has 1 fully saturated rings. The minimum absolute atomic E-state index is 0.569. The van der Waals surface area contributed by atoms with Crippen molar-refractivity contribution in [3.63, 3.8) is 0 Å². The summed E-state index contributed by atoms with van der Waals surface area (Å²) in [5, 5.41) is 17.8. The van der Waals surface area contributed by atoms with Crippen LogP contribution in [0.4, 0.5) is 0 Å². The quantitative estimate of drug-likeness (QED) is 0.701. The molecule has 16 heavy (non-hydrogen) atoms. The van der Waals surface area contributed by atoms with Gasteiger partial charge in [-0.1, -0.05) is 6.92 Å². The van der Waals surface area contributed by atoms with E-state index in [1.54, 1.807) is 0 Å². The molecule has 0 aromatic rings. The van der Waals surface area contributed by atoms with Crippen LogP contribution in [-0.2, 0) is 4.79 Å². The number of carboxylic acid groups (broad SMARTS) is 1. The van der Waals surface area contributed by atoms with Crippen molar-refractivity contribution in [3.8, 4) is 6.07 Å². The van der Waals surface area contributed by atoms with Gasteiger partial charge in [-0.05, 0) is 45.2 Å². The molecule has 0 saturated carbocycles. The van der Waals surface area contributed by atoms with Gasteiger partial charge in [-0.2, -0.15) is 5.26 Å². The Bertz CT molecular complexity index is 285. The smallest absolute Gasteiger partial charge is 0.324 e. The van der Waals surface area contributed by atoms with E-state index in [1.807, 2.05) is 6.92 Å². The molecular formula is C12H20N2O2. The van der Waals surface area contributed by atoms with E-state index < -0.39 is 11.5 Å². The van der Waals surface area contributed by atoms with E-state index in [-0.39, 0.29) is 0 Å². The van der Waals surface area contributed by atoms with Crippen LogP contribution in [0.15, 0.2) is 0 Å². The van der Waals surface area contributed by atoms with Gasteiger partial charge in [-0.15, -0.1) is 0 Å². The van der Waals surface area contributed by atoms with Gasteiger partial charge in [0.1, 0.15) is 5.54 Å². The van der Waals surface area contributed by atoms with Gasteiger partial charge in [0.15, 0.2) is 0 Å². The van der Waals surface area contributed by atoms with Crippen molar-refractivity contribution >= 4 is 5.97 Å². The molecule has 1 N–H and O–H groups in total. The zero-order chi connectivity index (χ0) is 12.0. The summed E-state index contributed by atoms with van der Waals surface area (Å²) < 4.78 is 0. The largest absolute Gasteiger partial charge is 0.480 e. The van der Waals surface area contributed by atoms with E-state index in [0.29, 0.717) is 12.8 Å². The van der Waals surface area contributed by atoms with Crippen LogP contribution in [0.2, 0.25) is 0 Å². The van der Waals surface area contributed by atoms with E-state index in [2.05, 4.69) is 11.0 Å². The van der Waals surface area contributed by atoms with Gasteiger partial charge in [-0.25, -0.2) is 0 Å². The summed E-state index contributed by atoms with van der Waals surface area (Å²) in [5.74, 6) is -0.687. The van der Waals surface area contributed by atoms with E-state index >= 15 is 0 Å². The first-order valence-corrected chi connectivity index (χ1v) is 6.03. The third-order valence-electron chi connectivity index (χ3n) is 3.57. The highest BCUT2D eigenvalue weighted by Gasteiger charge is 2.45. The first-order chi connectivity index (χ1) is 7.67. The molecule has 0 aromatic heterocycles. The number of hydrogen-bond acceptors (Lipinski definition) is 3. The van der Waals surface area contributed by atoms with Crippen LogP contribution in [0.5, 0.6) is 0 Å². The van der Waals surface area contributed by atoms with E-state index in [9.17, 15) is 9.90 Å². The SMILES string of the molecule is CCC1(C(=O)O)CCCN1CCCCC#N. The van der Waals surface area contributed by atoms with Gasteiger partial charge in [0, 0.05) is 6.42 Å². The first-order valence-electron chi connectivity index (χ1n) is 6.03. The minimum atomic E-state index is -0.687. The Morgan fingerprint density at radius 2 is 2.31 bits per heavy atom. The third kappa shape index (κ3) is 2.53. The predicted molar refractivity (Wildman–Crippen MR) is 60.9 cm³/mol. The second kappa shape index (κ2) is 5.86. The summed E-state index contributed by atoms with van der Waals surface area (Å²) in [6.45, 7) is 3.64. The number of nitrogens with zero attached hydrogens (tertiary/aromatic N) is 2. The topological polar surface area (TPSA) is 64.3 Å². The summed E-state index contributed by atoms with van der Waals surface area (Å²) >= 11 is 0. The molecule has 1 aliphatic rings. The third-order valence-corrected chi connectivity index (χ3v) is 3.57. The van der Waals surface area contributed by atoms with Gasteiger partial charge in [-0.3, -0.25) is 9.69 Å². The van der Waals surface area contributed by atoms with Crippen molar-refractivity contribution in [2.75, 3.05) is 13.1 Å². The van der Waals surface area contributed by atoms with Gasteiger partial charge < -0.3 is 5.11 Å². The van der Waals surface area contributed by atoms with Crippen molar-refractivity contribution in [3.05, 3.63) is 0 Å². The molecule has 0 amide bonds. The van der Waals surface area contributed by atoms with Crippen LogP contribution < -0.4 is 0 Å². The Morgan fingerprint density at radius 1 is 1.56 bits per heavy atom. The molecule has 1 rings (SSSR count). The number of likely N-dealkylation sites (tertiary alicyclic amines) is 1. The second-order valence-corrected chi connectivity index (χ2v) is 4.40. The summed E-state index contributed by atoms with van der Waals surface area (Å²) in [7, 11) is 0. The molecule has 1 saturated heterocycles. The lowest BCUT2D eigenvalue weighted by atomic mass is 9.93. The fraction of sp³-hybridized carbons (Fsp3) is 0.833.